The number of hydrogen-bond acceptors (Lipinski definition) is 4. The Kier molecular flexibility index (Phi) is 6.59. The number of sulfonamides is 1. The van der Waals surface area contributed by atoms with Crippen LogP contribution in [0.15, 0.2) is 17.0 Å². The number of carbonyl (C=O) groups is 1. The van der Waals surface area contributed by atoms with Crippen LogP contribution in [-0.4, -0.2) is 54.8 Å². The Morgan fingerprint density at radius 3 is 2.56 bits per heavy atom. The second kappa shape index (κ2) is 8.12. The average molecular weight is 409 g/mol. The average Bonchev–Trinajstić information content (AvgIpc) is 2.59. The first-order valence-corrected chi connectivity index (χ1v) is 10.4. The summed E-state index contributed by atoms with van der Waals surface area (Å²) in [4.78, 5) is 13.9. The summed E-state index contributed by atoms with van der Waals surface area (Å²) in [7, 11) is -4.00. The number of benzene rings is 1. The van der Waals surface area contributed by atoms with E-state index in [1.807, 2.05) is 13.8 Å². The highest BCUT2D eigenvalue weighted by atomic mass is 35.5. The number of nitrogens with zero attached hydrogens (tertiary/aromatic N) is 2. The van der Waals surface area contributed by atoms with Gasteiger partial charge in [-0.2, -0.15) is 4.31 Å². The van der Waals surface area contributed by atoms with E-state index in [1.165, 1.54) is 16.4 Å². The molecule has 2 rings (SSSR count). The van der Waals surface area contributed by atoms with Gasteiger partial charge in [-0.15, -0.1) is 0 Å². The molecule has 0 spiro atoms. The number of hydrogen-bond donors (Lipinski definition) is 1. The van der Waals surface area contributed by atoms with Gasteiger partial charge in [-0.1, -0.05) is 23.2 Å². The van der Waals surface area contributed by atoms with Crippen molar-refractivity contribution >= 4 is 39.1 Å². The monoisotopic (exact) mass is 408 g/mol. The van der Waals surface area contributed by atoms with E-state index >= 15 is 0 Å². The second-order valence-corrected chi connectivity index (χ2v) is 8.70. The predicted octanol–water partition coefficient (Wildman–Crippen LogP) is 2.97. The Bertz CT molecular complexity index is 751. The minimum Gasteiger partial charge on any atom is -0.505 e. The number of amides is 1. The van der Waals surface area contributed by atoms with Crippen LogP contribution < -0.4 is 0 Å². The van der Waals surface area contributed by atoms with Crippen LogP contribution in [0.5, 0.6) is 5.75 Å². The lowest BCUT2D eigenvalue weighted by Crippen LogP contribution is -2.46. The molecule has 1 aromatic carbocycles. The first-order chi connectivity index (χ1) is 11.7. The van der Waals surface area contributed by atoms with E-state index in [4.69, 9.17) is 23.2 Å². The molecule has 1 heterocycles. The third kappa shape index (κ3) is 4.22. The largest absolute Gasteiger partial charge is 0.505 e. The summed E-state index contributed by atoms with van der Waals surface area (Å²) in [5.74, 6) is -0.957. The highest BCUT2D eigenvalue weighted by Gasteiger charge is 2.36. The first kappa shape index (κ1) is 20.3. The molecule has 1 fully saturated rings. The Morgan fingerprint density at radius 1 is 1.32 bits per heavy atom. The van der Waals surface area contributed by atoms with E-state index in [-0.39, 0.29) is 39.9 Å². The smallest absolute Gasteiger partial charge is 0.246 e. The molecule has 1 atom stereocenters. The number of aromatic hydroxyl groups is 1. The molecule has 0 bridgehead atoms. The molecule has 1 N–H and O–H groups in total. The van der Waals surface area contributed by atoms with E-state index in [9.17, 15) is 18.3 Å². The van der Waals surface area contributed by atoms with Gasteiger partial charge in [-0.25, -0.2) is 8.42 Å². The zero-order valence-electron chi connectivity index (χ0n) is 14.2. The molecule has 0 radical (unpaired) electrons. The van der Waals surface area contributed by atoms with E-state index in [0.717, 1.165) is 0 Å². The lowest BCUT2D eigenvalue weighted by atomic mass is 9.98. The van der Waals surface area contributed by atoms with Crippen LogP contribution in [0.1, 0.15) is 26.7 Å². The molecule has 1 unspecified atom stereocenters. The zero-order valence-corrected chi connectivity index (χ0v) is 16.5. The third-order valence-corrected chi connectivity index (χ3v) is 6.80. The van der Waals surface area contributed by atoms with Crippen molar-refractivity contribution in [1.82, 2.24) is 9.21 Å². The first-order valence-electron chi connectivity index (χ1n) is 8.19. The number of phenolic OH excluding ortho intramolecular Hbond substituents is 1. The van der Waals surface area contributed by atoms with Crippen LogP contribution >= 0.6 is 23.2 Å². The van der Waals surface area contributed by atoms with Crippen LogP contribution in [0.4, 0.5) is 0 Å². The summed E-state index contributed by atoms with van der Waals surface area (Å²) >= 11 is 11.7. The number of phenols is 1. The van der Waals surface area contributed by atoms with Gasteiger partial charge in [0.1, 0.15) is 4.90 Å². The molecule has 1 saturated heterocycles. The SMILES string of the molecule is CCN(CC)C(=O)C1CCCN(S(=O)(=O)c2cc(Cl)cc(Cl)c2O)C1. The standard InChI is InChI=1S/C16H22Cl2N2O4S/c1-3-19(4-2)16(22)11-6-5-7-20(10-11)25(23,24)14-9-12(17)8-13(18)15(14)21/h8-9,11,21H,3-7,10H2,1-2H3. The van der Waals surface area contributed by atoms with E-state index in [0.29, 0.717) is 25.9 Å². The maximum absolute atomic E-state index is 12.9. The molecule has 6 nitrogen and oxygen atoms in total. The van der Waals surface area contributed by atoms with Gasteiger partial charge >= 0.3 is 0 Å². The molecule has 0 aromatic heterocycles. The highest BCUT2D eigenvalue weighted by molar-refractivity contribution is 7.89. The van der Waals surface area contributed by atoms with Gasteiger partial charge < -0.3 is 10.0 Å². The molecule has 1 aliphatic heterocycles. The molecule has 0 aliphatic carbocycles. The van der Waals surface area contributed by atoms with Gasteiger partial charge in [0, 0.05) is 31.2 Å². The fraction of sp³-hybridized carbons (Fsp3) is 0.562. The maximum Gasteiger partial charge on any atom is 0.246 e. The van der Waals surface area contributed by atoms with Crippen LogP contribution in [0.2, 0.25) is 10.0 Å². The fourth-order valence-electron chi connectivity index (χ4n) is 3.03. The van der Waals surface area contributed by atoms with Crippen molar-refractivity contribution < 1.29 is 18.3 Å². The molecule has 1 amide bonds. The number of carbonyl (C=O) groups excluding carboxylic acids is 1. The lowest BCUT2D eigenvalue weighted by Gasteiger charge is -2.34. The minimum atomic E-state index is -4.00. The molecule has 9 heteroatoms. The number of piperidine rings is 1. The summed E-state index contributed by atoms with van der Waals surface area (Å²) in [5, 5.41) is 10.0. The topological polar surface area (TPSA) is 77.9 Å². The number of halogens is 2. The predicted molar refractivity (Wildman–Crippen MR) is 97.5 cm³/mol. The summed E-state index contributed by atoms with van der Waals surface area (Å²) in [5.41, 5.74) is 0. The Morgan fingerprint density at radius 2 is 1.96 bits per heavy atom. The van der Waals surface area contributed by atoms with Crippen molar-refractivity contribution in [3.63, 3.8) is 0 Å². The Balaban J connectivity index is 2.30. The van der Waals surface area contributed by atoms with E-state index in [2.05, 4.69) is 0 Å². The van der Waals surface area contributed by atoms with Crippen molar-refractivity contribution in [3.05, 3.63) is 22.2 Å². The third-order valence-electron chi connectivity index (χ3n) is 4.42. The van der Waals surface area contributed by atoms with Gasteiger partial charge in [0.25, 0.3) is 0 Å². The molecule has 1 aromatic rings. The van der Waals surface area contributed by atoms with Gasteiger partial charge in [-0.05, 0) is 38.8 Å². The number of rotatable bonds is 5. The van der Waals surface area contributed by atoms with Crippen LogP contribution in [0.3, 0.4) is 0 Å². The van der Waals surface area contributed by atoms with Gasteiger partial charge in [-0.3, -0.25) is 4.79 Å². The normalized spacial score (nSPS) is 19.0. The zero-order chi connectivity index (χ0) is 18.8. The summed E-state index contributed by atoms with van der Waals surface area (Å²) < 4.78 is 27.1. The van der Waals surface area contributed by atoms with Crippen molar-refractivity contribution in [2.24, 2.45) is 5.92 Å². The maximum atomic E-state index is 12.9. The fourth-order valence-corrected chi connectivity index (χ4v) is 5.30. The molecular formula is C16H22Cl2N2O4S. The molecule has 140 valence electrons. The van der Waals surface area contributed by atoms with Crippen molar-refractivity contribution in [1.29, 1.82) is 0 Å². The van der Waals surface area contributed by atoms with Gasteiger partial charge in [0.05, 0.1) is 10.9 Å². The minimum absolute atomic E-state index is 0.0433. The highest BCUT2D eigenvalue weighted by Crippen LogP contribution is 2.36. The Labute approximate surface area is 158 Å². The van der Waals surface area contributed by atoms with Crippen LogP contribution in [0.25, 0.3) is 0 Å². The van der Waals surface area contributed by atoms with Crippen LogP contribution in [-0.2, 0) is 14.8 Å². The summed E-state index contributed by atoms with van der Waals surface area (Å²) in [6.45, 7) is 5.33. The van der Waals surface area contributed by atoms with Crippen molar-refractivity contribution in [2.45, 2.75) is 31.6 Å². The quantitative estimate of drug-likeness (QED) is 0.811. The van der Waals surface area contributed by atoms with E-state index < -0.39 is 15.8 Å². The summed E-state index contributed by atoms with van der Waals surface area (Å²) in [6, 6.07) is 2.45. The Hall–Kier alpha value is -1.02. The van der Waals surface area contributed by atoms with Gasteiger partial charge in [0.15, 0.2) is 5.75 Å². The van der Waals surface area contributed by atoms with Gasteiger partial charge in [0.2, 0.25) is 15.9 Å². The van der Waals surface area contributed by atoms with E-state index in [1.54, 1.807) is 4.90 Å². The second-order valence-electron chi connectivity index (χ2n) is 5.95. The van der Waals surface area contributed by atoms with Crippen LogP contribution in [0, 0.1) is 5.92 Å². The molecular weight excluding hydrogens is 387 g/mol. The lowest BCUT2D eigenvalue weighted by molar-refractivity contribution is -0.136. The molecule has 0 saturated carbocycles. The molecule has 25 heavy (non-hydrogen) atoms. The van der Waals surface area contributed by atoms with Crippen molar-refractivity contribution in [3.8, 4) is 5.75 Å². The molecule has 1 aliphatic rings. The summed E-state index contributed by atoms with van der Waals surface area (Å²) in [6.07, 6.45) is 1.22. The van der Waals surface area contributed by atoms with Crippen molar-refractivity contribution in [2.75, 3.05) is 26.2 Å².